The van der Waals surface area contributed by atoms with Gasteiger partial charge in [0.2, 0.25) is 0 Å². The summed E-state index contributed by atoms with van der Waals surface area (Å²) in [5.41, 5.74) is 4.00. The number of nitrogens with one attached hydrogen (secondary N) is 1. The molecular weight excluding hydrogens is 220 g/mol. The van der Waals surface area contributed by atoms with Crippen molar-refractivity contribution in [3.05, 3.63) is 65.5 Å². The Labute approximate surface area is 109 Å². The first kappa shape index (κ1) is 12.8. The number of benzene rings is 1. The van der Waals surface area contributed by atoms with Crippen LogP contribution in [-0.2, 0) is 13.0 Å². The molecule has 0 saturated carbocycles. The summed E-state index contributed by atoms with van der Waals surface area (Å²) in [6.45, 7) is 4.23. The first-order chi connectivity index (χ1) is 8.88. The van der Waals surface area contributed by atoms with Gasteiger partial charge in [0.25, 0.3) is 0 Å². The summed E-state index contributed by atoms with van der Waals surface area (Å²) in [6, 6.07) is 13.0. The molecule has 1 heterocycles. The predicted molar refractivity (Wildman–Crippen MR) is 75.5 cm³/mol. The van der Waals surface area contributed by atoms with E-state index in [1.165, 1.54) is 23.1 Å². The molecule has 2 aromatic rings. The third-order valence-electron chi connectivity index (χ3n) is 2.94. The van der Waals surface area contributed by atoms with Gasteiger partial charge in [0, 0.05) is 18.9 Å². The normalized spacial score (nSPS) is 10.5. The van der Waals surface area contributed by atoms with E-state index in [0.29, 0.717) is 0 Å². The van der Waals surface area contributed by atoms with Crippen molar-refractivity contribution in [2.24, 2.45) is 0 Å². The first-order valence-corrected chi connectivity index (χ1v) is 6.56. The highest BCUT2D eigenvalue weighted by molar-refractivity contribution is 5.27. The molecular formula is C16H20N2. The van der Waals surface area contributed by atoms with Crippen molar-refractivity contribution < 1.29 is 0 Å². The summed E-state index contributed by atoms with van der Waals surface area (Å²) in [4.78, 5) is 4.03. The van der Waals surface area contributed by atoms with Gasteiger partial charge >= 0.3 is 0 Å². The number of aromatic nitrogens is 1. The van der Waals surface area contributed by atoms with Crippen LogP contribution < -0.4 is 5.32 Å². The maximum Gasteiger partial charge on any atom is 0.0270 e. The van der Waals surface area contributed by atoms with Crippen LogP contribution >= 0.6 is 0 Å². The Morgan fingerprint density at radius 1 is 0.889 bits per heavy atom. The second-order valence-electron chi connectivity index (χ2n) is 4.53. The third-order valence-corrected chi connectivity index (χ3v) is 2.94. The highest BCUT2D eigenvalue weighted by Gasteiger charge is 1.97. The molecule has 0 aliphatic rings. The molecule has 1 aromatic carbocycles. The molecule has 0 unspecified atom stereocenters. The van der Waals surface area contributed by atoms with Gasteiger partial charge in [-0.2, -0.15) is 0 Å². The van der Waals surface area contributed by atoms with E-state index >= 15 is 0 Å². The highest BCUT2D eigenvalue weighted by atomic mass is 14.8. The van der Waals surface area contributed by atoms with E-state index in [1.54, 1.807) is 0 Å². The second-order valence-corrected chi connectivity index (χ2v) is 4.53. The lowest BCUT2D eigenvalue weighted by Crippen LogP contribution is -2.13. The molecule has 2 nitrogen and oxygen atoms in total. The van der Waals surface area contributed by atoms with Crippen molar-refractivity contribution in [1.82, 2.24) is 10.3 Å². The van der Waals surface area contributed by atoms with E-state index in [9.17, 15) is 0 Å². The topological polar surface area (TPSA) is 24.9 Å². The monoisotopic (exact) mass is 240 g/mol. The van der Waals surface area contributed by atoms with Gasteiger partial charge in [0.15, 0.2) is 0 Å². The SMILES string of the molecule is CCCNCc1ccc(Cc2ccncc2)cc1. The van der Waals surface area contributed by atoms with Crippen LogP contribution in [0.25, 0.3) is 0 Å². The van der Waals surface area contributed by atoms with Gasteiger partial charge in [0.05, 0.1) is 0 Å². The number of hydrogen-bond donors (Lipinski definition) is 1. The first-order valence-electron chi connectivity index (χ1n) is 6.56. The lowest BCUT2D eigenvalue weighted by atomic mass is 10.0. The van der Waals surface area contributed by atoms with Gasteiger partial charge in [-0.1, -0.05) is 31.2 Å². The Bertz CT molecular complexity index is 448. The Morgan fingerprint density at radius 3 is 2.17 bits per heavy atom. The number of rotatable bonds is 6. The molecule has 1 N–H and O–H groups in total. The molecule has 0 bridgehead atoms. The Hall–Kier alpha value is -1.67. The minimum Gasteiger partial charge on any atom is -0.313 e. The van der Waals surface area contributed by atoms with Gasteiger partial charge in [0.1, 0.15) is 0 Å². The zero-order valence-corrected chi connectivity index (χ0v) is 10.9. The van der Waals surface area contributed by atoms with Crippen LogP contribution in [0, 0.1) is 0 Å². The van der Waals surface area contributed by atoms with Crippen molar-refractivity contribution in [3.63, 3.8) is 0 Å². The van der Waals surface area contributed by atoms with E-state index in [-0.39, 0.29) is 0 Å². The Balaban J connectivity index is 1.91. The number of hydrogen-bond acceptors (Lipinski definition) is 2. The minimum atomic E-state index is 0.962. The van der Waals surface area contributed by atoms with Gasteiger partial charge < -0.3 is 5.32 Å². The average molecular weight is 240 g/mol. The van der Waals surface area contributed by atoms with E-state index in [2.05, 4.69) is 53.6 Å². The smallest absolute Gasteiger partial charge is 0.0270 e. The molecule has 0 spiro atoms. The molecule has 0 aliphatic heterocycles. The third kappa shape index (κ3) is 3.97. The van der Waals surface area contributed by atoms with Crippen molar-refractivity contribution in [2.45, 2.75) is 26.3 Å². The van der Waals surface area contributed by atoms with Crippen LogP contribution in [0.2, 0.25) is 0 Å². The summed E-state index contributed by atoms with van der Waals surface area (Å²) in [6.07, 6.45) is 5.85. The lowest BCUT2D eigenvalue weighted by Gasteiger charge is -2.05. The standard InChI is InChI=1S/C16H20N2/c1-2-9-18-13-16-5-3-14(4-6-16)12-15-7-10-17-11-8-15/h3-8,10-11,18H,2,9,12-13H2,1H3. The van der Waals surface area contributed by atoms with E-state index < -0.39 is 0 Å². The number of pyridine rings is 1. The molecule has 1 aromatic heterocycles. The maximum atomic E-state index is 4.03. The predicted octanol–water partition coefficient (Wildman–Crippen LogP) is 3.17. The summed E-state index contributed by atoms with van der Waals surface area (Å²) >= 11 is 0. The molecule has 18 heavy (non-hydrogen) atoms. The van der Waals surface area contributed by atoms with Gasteiger partial charge in [-0.15, -0.1) is 0 Å². The molecule has 2 rings (SSSR count). The molecule has 0 saturated heterocycles. The van der Waals surface area contributed by atoms with Crippen LogP contribution in [0.4, 0.5) is 0 Å². The molecule has 0 atom stereocenters. The fourth-order valence-electron chi connectivity index (χ4n) is 1.92. The number of nitrogens with zero attached hydrogens (tertiary/aromatic N) is 1. The van der Waals surface area contributed by atoms with Crippen molar-refractivity contribution >= 4 is 0 Å². The van der Waals surface area contributed by atoms with Gasteiger partial charge in [-0.05, 0) is 48.2 Å². The molecule has 2 heteroatoms. The molecule has 0 radical (unpaired) electrons. The molecule has 0 fully saturated rings. The van der Waals surface area contributed by atoms with Crippen LogP contribution in [0.1, 0.15) is 30.0 Å². The Kier molecular flexibility index (Phi) is 4.91. The van der Waals surface area contributed by atoms with E-state index in [1.807, 2.05) is 12.4 Å². The quantitative estimate of drug-likeness (QED) is 0.784. The largest absolute Gasteiger partial charge is 0.313 e. The summed E-state index contributed by atoms with van der Waals surface area (Å²) in [5.74, 6) is 0. The van der Waals surface area contributed by atoms with Crippen LogP contribution in [0.3, 0.4) is 0 Å². The Morgan fingerprint density at radius 2 is 1.50 bits per heavy atom. The molecule has 94 valence electrons. The second kappa shape index (κ2) is 6.92. The molecule has 0 aliphatic carbocycles. The average Bonchev–Trinajstić information content (AvgIpc) is 2.42. The van der Waals surface area contributed by atoms with Crippen LogP contribution in [0.5, 0.6) is 0 Å². The van der Waals surface area contributed by atoms with E-state index in [4.69, 9.17) is 0 Å². The van der Waals surface area contributed by atoms with Crippen LogP contribution in [-0.4, -0.2) is 11.5 Å². The zero-order valence-electron chi connectivity index (χ0n) is 10.9. The lowest BCUT2D eigenvalue weighted by molar-refractivity contribution is 0.675. The fraction of sp³-hybridized carbons (Fsp3) is 0.312. The fourth-order valence-corrected chi connectivity index (χ4v) is 1.92. The van der Waals surface area contributed by atoms with Crippen LogP contribution in [0.15, 0.2) is 48.8 Å². The van der Waals surface area contributed by atoms with Gasteiger partial charge in [-0.25, -0.2) is 0 Å². The zero-order chi connectivity index (χ0) is 12.6. The van der Waals surface area contributed by atoms with E-state index in [0.717, 1.165) is 19.5 Å². The summed E-state index contributed by atoms with van der Waals surface area (Å²) in [5, 5.41) is 3.41. The summed E-state index contributed by atoms with van der Waals surface area (Å²) in [7, 11) is 0. The maximum absolute atomic E-state index is 4.03. The minimum absolute atomic E-state index is 0.962. The van der Waals surface area contributed by atoms with Gasteiger partial charge in [-0.3, -0.25) is 4.98 Å². The van der Waals surface area contributed by atoms with Crippen molar-refractivity contribution in [2.75, 3.05) is 6.54 Å². The summed E-state index contributed by atoms with van der Waals surface area (Å²) < 4.78 is 0. The molecule has 0 amide bonds. The highest BCUT2D eigenvalue weighted by Crippen LogP contribution is 2.10. The van der Waals surface area contributed by atoms with Crippen molar-refractivity contribution in [3.8, 4) is 0 Å². The van der Waals surface area contributed by atoms with Crippen molar-refractivity contribution in [1.29, 1.82) is 0 Å².